The number of hydrogen-bond acceptors (Lipinski definition) is 4. The second-order valence-electron chi connectivity index (χ2n) is 7.80. The van der Waals surface area contributed by atoms with Crippen molar-refractivity contribution >= 4 is 40.5 Å². The van der Waals surface area contributed by atoms with Crippen LogP contribution in [0.1, 0.15) is 31.4 Å². The Labute approximate surface area is 222 Å². The number of carbonyl (C=O) groups excluding carboxylic acids is 3. The van der Waals surface area contributed by atoms with Crippen molar-refractivity contribution in [1.82, 2.24) is 20.4 Å². The molecule has 0 aromatic heterocycles. The fourth-order valence-corrected chi connectivity index (χ4v) is 4.44. The van der Waals surface area contributed by atoms with Gasteiger partial charge < -0.3 is 15.5 Å². The third kappa shape index (κ3) is 7.96. The van der Waals surface area contributed by atoms with E-state index in [2.05, 4.69) is 91.7 Å². The average Bonchev–Trinajstić information content (AvgIpc) is 2.86. The van der Waals surface area contributed by atoms with Crippen LogP contribution in [-0.2, 0) is 30.7 Å². The van der Waals surface area contributed by atoms with E-state index in [1.54, 1.807) is 0 Å². The predicted octanol–water partition coefficient (Wildman–Crippen LogP) is 3.54. The van der Waals surface area contributed by atoms with Crippen molar-refractivity contribution in [2.24, 2.45) is 0 Å². The molecule has 1 fully saturated rings. The van der Waals surface area contributed by atoms with E-state index >= 15 is 0 Å². The van der Waals surface area contributed by atoms with Crippen molar-refractivity contribution in [3.8, 4) is 0 Å². The molecule has 0 radical (unpaired) electrons. The molecule has 1 heterocycles. The number of carbonyl (C=O) groups is 3. The zero-order valence-electron chi connectivity index (χ0n) is 19.5. The minimum atomic E-state index is -0.433. The zero-order valence-corrected chi connectivity index (χ0v) is 23.4. The summed E-state index contributed by atoms with van der Waals surface area (Å²) in [5, 5.41) is 6.74. The van der Waals surface area contributed by atoms with Gasteiger partial charge in [0.25, 0.3) is 5.24 Å². The summed E-state index contributed by atoms with van der Waals surface area (Å²) >= 11 is 3.97. The molecule has 0 aliphatic carbocycles. The molecular weight excluding hydrogens is 620 g/mol. The van der Waals surface area contributed by atoms with Crippen molar-refractivity contribution in [2.75, 3.05) is 26.2 Å². The van der Waals surface area contributed by atoms with Gasteiger partial charge in [-0.15, -0.1) is 13.2 Å². The standard InChI is InChI=1S/C23H29N4O3S.C2H4.W/c1-16(19-9-5-7-17-6-3-4-8-20(17)19)26-12-10-18(11-13-26)27(23(30)31)15-22(29)25-14-21(28)24-2;1-2;/h3-9,16,18H,2,10-15H2,1H3,(H,24,28)(H,25,29)(H,30,31);1-2H2;/q-1;;. The summed E-state index contributed by atoms with van der Waals surface area (Å²) in [4.78, 5) is 39.4. The number of piperidine rings is 1. The SMILES string of the molecule is C=C.[CH2-]NC(=O)CNC(=O)CN(C(=O)S)C1CCN(C(C)c2cccc3ccccc23)CC1.[W]. The molecule has 2 aromatic rings. The van der Waals surface area contributed by atoms with Crippen molar-refractivity contribution in [3.63, 3.8) is 0 Å². The Hall–Kier alpha value is -2.15. The summed E-state index contributed by atoms with van der Waals surface area (Å²) in [6.07, 6.45) is 1.52. The summed E-state index contributed by atoms with van der Waals surface area (Å²) in [7, 11) is 3.25. The largest absolute Gasteiger partial charge is 0.507 e. The van der Waals surface area contributed by atoms with E-state index in [1.807, 2.05) is 6.07 Å². The van der Waals surface area contributed by atoms with E-state index < -0.39 is 17.1 Å². The maximum Gasteiger partial charge on any atom is 0.279 e. The Bertz CT molecular complexity index is 961. The van der Waals surface area contributed by atoms with Crippen LogP contribution in [0.3, 0.4) is 0 Å². The molecule has 184 valence electrons. The van der Waals surface area contributed by atoms with Gasteiger partial charge in [-0.3, -0.25) is 26.3 Å². The van der Waals surface area contributed by atoms with Crippen molar-refractivity contribution in [3.05, 3.63) is 68.2 Å². The molecule has 3 rings (SSSR count). The smallest absolute Gasteiger partial charge is 0.279 e. The van der Waals surface area contributed by atoms with Gasteiger partial charge in [-0.1, -0.05) is 55.1 Å². The number of fused-ring (bicyclic) bond motifs is 1. The van der Waals surface area contributed by atoms with E-state index in [1.165, 1.54) is 21.2 Å². The van der Waals surface area contributed by atoms with Gasteiger partial charge >= 0.3 is 0 Å². The van der Waals surface area contributed by atoms with Crippen LogP contribution in [0.5, 0.6) is 0 Å². The van der Waals surface area contributed by atoms with E-state index in [-0.39, 0.29) is 46.2 Å². The molecule has 0 saturated carbocycles. The molecule has 1 unspecified atom stereocenters. The van der Waals surface area contributed by atoms with Crippen LogP contribution in [0.15, 0.2) is 55.6 Å². The van der Waals surface area contributed by atoms with Gasteiger partial charge in [0.05, 0.1) is 6.54 Å². The summed E-state index contributed by atoms with van der Waals surface area (Å²) < 4.78 is 0. The van der Waals surface area contributed by atoms with Gasteiger partial charge in [-0.2, -0.15) is 0 Å². The van der Waals surface area contributed by atoms with Gasteiger partial charge in [0.2, 0.25) is 11.8 Å². The third-order valence-electron chi connectivity index (χ3n) is 5.96. The van der Waals surface area contributed by atoms with Gasteiger partial charge in [-0.25, -0.2) is 0 Å². The van der Waals surface area contributed by atoms with Crippen LogP contribution in [0.2, 0.25) is 0 Å². The summed E-state index contributed by atoms with van der Waals surface area (Å²) in [6, 6.07) is 15.0. The minimum Gasteiger partial charge on any atom is -0.507 e. The second kappa shape index (κ2) is 15.0. The van der Waals surface area contributed by atoms with E-state index in [4.69, 9.17) is 0 Å². The number of hydrogen-bond donors (Lipinski definition) is 3. The number of benzene rings is 2. The first-order valence-corrected chi connectivity index (χ1v) is 11.4. The molecule has 0 bridgehead atoms. The van der Waals surface area contributed by atoms with E-state index in [9.17, 15) is 14.4 Å². The summed E-state index contributed by atoms with van der Waals surface area (Å²) in [6.45, 7) is 9.56. The Kier molecular flexibility index (Phi) is 13.2. The summed E-state index contributed by atoms with van der Waals surface area (Å²) in [5.41, 5.74) is 1.29. The number of likely N-dealkylation sites (tertiary alicyclic amines) is 1. The molecule has 7 nitrogen and oxygen atoms in total. The van der Waals surface area contributed by atoms with Gasteiger partial charge in [0.1, 0.15) is 6.54 Å². The van der Waals surface area contributed by atoms with Crippen LogP contribution >= 0.6 is 12.6 Å². The minimum absolute atomic E-state index is 0. The number of rotatable bonds is 7. The first-order chi connectivity index (χ1) is 15.9. The number of thiol groups is 1. The van der Waals surface area contributed by atoms with Crippen LogP contribution in [0.25, 0.3) is 10.8 Å². The molecule has 9 heteroatoms. The normalized spacial score (nSPS) is 14.7. The average molecular weight is 653 g/mol. The maximum atomic E-state index is 12.2. The molecule has 3 amide bonds. The van der Waals surface area contributed by atoms with Gasteiger partial charge in [0, 0.05) is 46.2 Å². The fourth-order valence-electron chi connectivity index (χ4n) is 4.20. The first kappa shape index (κ1) is 29.9. The summed E-state index contributed by atoms with van der Waals surface area (Å²) in [5.74, 6) is -0.787. The second-order valence-corrected chi connectivity index (χ2v) is 8.18. The quantitative estimate of drug-likeness (QED) is 0.243. The molecule has 34 heavy (non-hydrogen) atoms. The Balaban J connectivity index is 0.00000188. The Morgan fingerprint density at radius 2 is 1.74 bits per heavy atom. The van der Waals surface area contributed by atoms with Crippen LogP contribution < -0.4 is 10.6 Å². The molecule has 0 spiro atoms. The van der Waals surface area contributed by atoms with E-state index in [0.29, 0.717) is 0 Å². The number of amides is 3. The zero-order chi connectivity index (χ0) is 24.4. The van der Waals surface area contributed by atoms with Crippen LogP contribution in [0, 0.1) is 7.05 Å². The predicted molar refractivity (Wildman–Crippen MR) is 136 cm³/mol. The molecule has 1 aliphatic rings. The molecule has 1 atom stereocenters. The monoisotopic (exact) mass is 653 g/mol. The topological polar surface area (TPSA) is 81.8 Å². The fraction of sp³-hybridized carbons (Fsp3) is 0.360. The van der Waals surface area contributed by atoms with Crippen molar-refractivity contribution in [1.29, 1.82) is 0 Å². The van der Waals surface area contributed by atoms with E-state index in [0.717, 1.165) is 25.9 Å². The van der Waals surface area contributed by atoms with Crippen LogP contribution in [0.4, 0.5) is 4.79 Å². The first-order valence-electron chi connectivity index (χ1n) is 10.9. The molecular formula is C25H33N4O3SW-. The molecule has 1 aliphatic heterocycles. The third-order valence-corrected chi connectivity index (χ3v) is 6.22. The van der Waals surface area contributed by atoms with Gasteiger partial charge in [-0.05, 0) is 36.1 Å². The van der Waals surface area contributed by atoms with Crippen molar-refractivity contribution < 1.29 is 35.4 Å². The van der Waals surface area contributed by atoms with Crippen molar-refractivity contribution in [2.45, 2.75) is 31.8 Å². The Morgan fingerprint density at radius 1 is 1.12 bits per heavy atom. The number of nitrogens with one attached hydrogen (secondary N) is 2. The van der Waals surface area contributed by atoms with Crippen LogP contribution in [-0.4, -0.2) is 59.1 Å². The maximum absolute atomic E-state index is 12.2. The molecule has 1 saturated heterocycles. The molecule has 2 N–H and O–H groups in total. The molecule has 2 aromatic carbocycles. The van der Waals surface area contributed by atoms with Gasteiger partial charge in [0.15, 0.2) is 0 Å². The number of nitrogens with zero attached hydrogens (tertiary/aromatic N) is 2. The Morgan fingerprint density at radius 3 is 2.35 bits per heavy atom.